The Morgan fingerprint density at radius 3 is 2.69 bits per heavy atom. The second kappa shape index (κ2) is 7.14. The maximum Gasteiger partial charge on any atom is 0.303 e. The number of halogens is 2. The number of aromatic nitrogens is 4. The minimum absolute atomic E-state index is 0.138. The standard InChI is InChI=1S/C20H21F2N5O2/c1-4-12-5-16(26-19(25-12)20(3,21)22)15-8-27(13-9-29-10-13)17-7-23-18(6-14(15)17)24-11(2)28/h5-8,13H,4,9-10H2,1-3H3,(H,23,24,28). The number of nitrogens with zero attached hydrogens (tertiary/aromatic N) is 4. The van der Waals surface area contributed by atoms with Gasteiger partial charge in [-0.15, -0.1) is 0 Å². The van der Waals surface area contributed by atoms with E-state index in [0.29, 0.717) is 42.4 Å². The minimum atomic E-state index is -3.15. The van der Waals surface area contributed by atoms with Crippen LogP contribution in [0.5, 0.6) is 0 Å². The van der Waals surface area contributed by atoms with Crippen molar-refractivity contribution in [2.75, 3.05) is 18.5 Å². The number of hydrogen-bond donors (Lipinski definition) is 1. The highest BCUT2D eigenvalue weighted by molar-refractivity contribution is 5.98. The Hall–Kier alpha value is -2.94. The van der Waals surface area contributed by atoms with Gasteiger partial charge in [0.05, 0.1) is 36.7 Å². The second-order valence-corrected chi connectivity index (χ2v) is 7.22. The Balaban J connectivity index is 1.93. The quantitative estimate of drug-likeness (QED) is 0.705. The van der Waals surface area contributed by atoms with Gasteiger partial charge in [-0.1, -0.05) is 6.92 Å². The molecule has 0 spiro atoms. The fraction of sp³-hybridized carbons (Fsp3) is 0.400. The third-order valence-electron chi connectivity index (χ3n) is 4.85. The van der Waals surface area contributed by atoms with Crippen molar-refractivity contribution < 1.29 is 18.3 Å². The lowest BCUT2D eigenvalue weighted by molar-refractivity contribution is -0.114. The Morgan fingerprint density at radius 2 is 2.10 bits per heavy atom. The summed E-state index contributed by atoms with van der Waals surface area (Å²) >= 11 is 0. The van der Waals surface area contributed by atoms with Gasteiger partial charge in [0.15, 0.2) is 5.82 Å². The molecular formula is C20H21F2N5O2. The van der Waals surface area contributed by atoms with Crippen LogP contribution in [0, 0.1) is 0 Å². The molecule has 3 aromatic heterocycles. The Bertz CT molecular complexity index is 1090. The van der Waals surface area contributed by atoms with E-state index < -0.39 is 11.7 Å². The molecule has 7 nitrogen and oxygen atoms in total. The first-order valence-corrected chi connectivity index (χ1v) is 9.38. The summed E-state index contributed by atoms with van der Waals surface area (Å²) in [4.78, 5) is 23.9. The van der Waals surface area contributed by atoms with Gasteiger partial charge in [0, 0.05) is 36.7 Å². The molecule has 4 heterocycles. The van der Waals surface area contributed by atoms with Crippen molar-refractivity contribution in [3.8, 4) is 11.3 Å². The third-order valence-corrected chi connectivity index (χ3v) is 4.85. The molecule has 152 valence electrons. The zero-order chi connectivity index (χ0) is 20.8. The molecule has 0 bridgehead atoms. The molecule has 3 aromatic rings. The summed E-state index contributed by atoms with van der Waals surface area (Å²) in [5.74, 6) is -3.51. The number of hydrogen-bond acceptors (Lipinski definition) is 5. The van der Waals surface area contributed by atoms with Gasteiger partial charge in [0.1, 0.15) is 5.82 Å². The number of nitrogens with one attached hydrogen (secondary N) is 1. The molecule has 29 heavy (non-hydrogen) atoms. The summed E-state index contributed by atoms with van der Waals surface area (Å²) < 4.78 is 35.3. The van der Waals surface area contributed by atoms with E-state index in [-0.39, 0.29) is 11.9 Å². The molecule has 1 fully saturated rings. The van der Waals surface area contributed by atoms with Gasteiger partial charge < -0.3 is 14.6 Å². The number of fused-ring (bicyclic) bond motifs is 1. The van der Waals surface area contributed by atoms with Gasteiger partial charge in [0.25, 0.3) is 0 Å². The first-order chi connectivity index (χ1) is 13.8. The van der Waals surface area contributed by atoms with Gasteiger partial charge in [0.2, 0.25) is 5.91 Å². The molecule has 9 heteroatoms. The number of alkyl halides is 2. The lowest BCUT2D eigenvalue weighted by Crippen LogP contribution is -2.30. The van der Waals surface area contributed by atoms with Crippen LogP contribution in [0.4, 0.5) is 14.6 Å². The van der Waals surface area contributed by atoms with Crippen molar-refractivity contribution in [1.82, 2.24) is 19.5 Å². The summed E-state index contributed by atoms with van der Waals surface area (Å²) in [6.45, 7) is 5.19. The molecule has 0 atom stereocenters. The van der Waals surface area contributed by atoms with Crippen molar-refractivity contribution >= 4 is 22.6 Å². The monoisotopic (exact) mass is 401 g/mol. The summed E-state index contributed by atoms with van der Waals surface area (Å²) in [5.41, 5.74) is 2.46. The topological polar surface area (TPSA) is 81.9 Å². The van der Waals surface area contributed by atoms with Gasteiger partial charge in [-0.05, 0) is 18.6 Å². The highest BCUT2D eigenvalue weighted by atomic mass is 19.3. The zero-order valence-electron chi connectivity index (χ0n) is 16.4. The first kappa shape index (κ1) is 19.4. The third kappa shape index (κ3) is 3.69. The van der Waals surface area contributed by atoms with E-state index in [2.05, 4.69) is 20.3 Å². The number of aryl methyl sites for hydroxylation is 1. The van der Waals surface area contributed by atoms with Crippen LogP contribution in [-0.2, 0) is 21.9 Å². The summed E-state index contributed by atoms with van der Waals surface area (Å²) in [6.07, 6.45) is 4.06. The van der Waals surface area contributed by atoms with E-state index in [1.165, 1.54) is 6.92 Å². The van der Waals surface area contributed by atoms with E-state index in [9.17, 15) is 13.6 Å². The van der Waals surface area contributed by atoms with E-state index in [1.54, 1.807) is 18.3 Å². The lowest BCUT2D eigenvalue weighted by Gasteiger charge is -2.28. The number of carbonyl (C=O) groups is 1. The van der Waals surface area contributed by atoms with Crippen LogP contribution in [0.1, 0.15) is 38.3 Å². The lowest BCUT2D eigenvalue weighted by atomic mass is 10.1. The number of amides is 1. The van der Waals surface area contributed by atoms with Gasteiger partial charge in [-0.3, -0.25) is 4.79 Å². The molecule has 4 rings (SSSR count). The molecule has 1 amide bonds. The number of pyridine rings is 1. The predicted octanol–water partition coefficient (Wildman–Crippen LogP) is 3.70. The number of ether oxygens (including phenoxy) is 1. The molecule has 1 N–H and O–H groups in total. The highest BCUT2D eigenvalue weighted by Gasteiger charge is 2.30. The Morgan fingerprint density at radius 1 is 1.34 bits per heavy atom. The average molecular weight is 401 g/mol. The molecule has 0 saturated carbocycles. The van der Waals surface area contributed by atoms with Gasteiger partial charge in [-0.25, -0.2) is 15.0 Å². The fourth-order valence-electron chi connectivity index (χ4n) is 3.30. The van der Waals surface area contributed by atoms with Crippen LogP contribution in [0.2, 0.25) is 0 Å². The number of carbonyl (C=O) groups excluding carboxylic acids is 1. The van der Waals surface area contributed by atoms with Crippen molar-refractivity contribution in [2.24, 2.45) is 0 Å². The first-order valence-electron chi connectivity index (χ1n) is 9.38. The van der Waals surface area contributed by atoms with Gasteiger partial charge >= 0.3 is 5.92 Å². The summed E-state index contributed by atoms with van der Waals surface area (Å²) in [6, 6.07) is 3.60. The normalized spacial score (nSPS) is 14.8. The van der Waals surface area contributed by atoms with Crippen molar-refractivity contribution in [3.05, 3.63) is 36.0 Å². The second-order valence-electron chi connectivity index (χ2n) is 7.22. The number of rotatable bonds is 5. The molecule has 1 saturated heterocycles. The minimum Gasteiger partial charge on any atom is -0.377 e. The molecule has 1 aliphatic rings. The maximum absolute atomic E-state index is 14.0. The van der Waals surface area contributed by atoms with E-state index >= 15 is 0 Å². The molecule has 0 aromatic carbocycles. The van der Waals surface area contributed by atoms with Crippen LogP contribution in [0.3, 0.4) is 0 Å². The number of anilines is 1. The van der Waals surface area contributed by atoms with E-state index in [4.69, 9.17) is 4.74 Å². The van der Waals surface area contributed by atoms with Crippen LogP contribution in [-0.4, -0.2) is 38.6 Å². The summed E-state index contributed by atoms with van der Waals surface area (Å²) in [5, 5.41) is 3.43. The molecule has 0 radical (unpaired) electrons. The van der Waals surface area contributed by atoms with Crippen LogP contribution in [0.25, 0.3) is 22.2 Å². The smallest absolute Gasteiger partial charge is 0.303 e. The average Bonchev–Trinajstić information content (AvgIpc) is 2.97. The van der Waals surface area contributed by atoms with Crippen molar-refractivity contribution in [3.63, 3.8) is 0 Å². The van der Waals surface area contributed by atoms with Crippen LogP contribution >= 0.6 is 0 Å². The maximum atomic E-state index is 14.0. The van der Waals surface area contributed by atoms with Crippen LogP contribution in [0.15, 0.2) is 24.5 Å². The summed E-state index contributed by atoms with van der Waals surface area (Å²) in [7, 11) is 0. The molecular weight excluding hydrogens is 380 g/mol. The Kier molecular flexibility index (Phi) is 4.77. The highest BCUT2D eigenvalue weighted by Crippen LogP contribution is 2.36. The fourth-order valence-corrected chi connectivity index (χ4v) is 3.30. The van der Waals surface area contributed by atoms with Crippen molar-refractivity contribution in [1.29, 1.82) is 0 Å². The van der Waals surface area contributed by atoms with Crippen molar-refractivity contribution in [2.45, 2.75) is 39.2 Å². The largest absolute Gasteiger partial charge is 0.377 e. The molecule has 0 aliphatic carbocycles. The molecule has 1 aliphatic heterocycles. The zero-order valence-corrected chi connectivity index (χ0v) is 16.4. The van der Waals surface area contributed by atoms with Gasteiger partial charge in [-0.2, -0.15) is 8.78 Å². The van der Waals surface area contributed by atoms with E-state index in [1.807, 2.05) is 17.7 Å². The molecule has 0 unspecified atom stereocenters. The van der Waals surface area contributed by atoms with E-state index in [0.717, 1.165) is 17.8 Å². The SMILES string of the molecule is CCc1cc(-c2cn(C3COC3)c3cnc(NC(C)=O)cc23)nc(C(C)(F)F)n1. The van der Waals surface area contributed by atoms with Crippen LogP contribution < -0.4 is 5.32 Å². The predicted molar refractivity (Wildman–Crippen MR) is 104 cm³/mol. The Labute approximate surface area is 166 Å².